The highest BCUT2D eigenvalue weighted by Gasteiger charge is 2.28. The maximum Gasteiger partial charge on any atom is 0.255 e. The third-order valence-corrected chi connectivity index (χ3v) is 6.06. The molecule has 0 atom stereocenters. The summed E-state index contributed by atoms with van der Waals surface area (Å²) in [5, 5.41) is 3.44. The number of nitrogens with one attached hydrogen (secondary N) is 1. The number of hydrogen-bond donors (Lipinski definition) is 1. The van der Waals surface area contributed by atoms with Crippen molar-refractivity contribution in [1.82, 2.24) is 0 Å². The van der Waals surface area contributed by atoms with Crippen molar-refractivity contribution in [3.63, 3.8) is 0 Å². The molecule has 1 N–H and O–H groups in total. The van der Waals surface area contributed by atoms with E-state index in [2.05, 4.69) is 5.32 Å². The molecule has 0 unspecified atom stereocenters. The maximum absolute atomic E-state index is 12.3. The zero-order valence-corrected chi connectivity index (χ0v) is 14.7. The largest absolute Gasteiger partial charge is 0.322 e. The molecule has 0 aromatic heterocycles. The monoisotopic (exact) mass is 364 g/mol. The molecule has 0 aliphatic carbocycles. The summed E-state index contributed by atoms with van der Waals surface area (Å²) in [6.45, 7) is 2.35. The van der Waals surface area contributed by atoms with Crippen LogP contribution in [0.5, 0.6) is 0 Å². The number of aryl methyl sites for hydroxylation is 1. The molecule has 1 saturated heterocycles. The van der Waals surface area contributed by atoms with Crippen LogP contribution in [-0.2, 0) is 10.0 Å². The van der Waals surface area contributed by atoms with E-state index in [0.717, 1.165) is 5.56 Å². The molecule has 2 aromatic carbocycles. The fourth-order valence-electron chi connectivity index (χ4n) is 2.67. The lowest BCUT2D eigenvalue weighted by molar-refractivity contribution is 0.102. The molecule has 7 heteroatoms. The summed E-state index contributed by atoms with van der Waals surface area (Å²) >= 11 is 5.91. The van der Waals surface area contributed by atoms with E-state index in [9.17, 15) is 13.2 Å². The van der Waals surface area contributed by atoms with Crippen molar-refractivity contribution >= 4 is 38.9 Å². The minimum Gasteiger partial charge on any atom is -0.322 e. The molecule has 5 nitrogen and oxygen atoms in total. The Labute approximate surface area is 146 Å². The molecule has 1 aliphatic rings. The number of carbonyl (C=O) groups excluding carboxylic acids is 1. The second kappa shape index (κ2) is 6.45. The average molecular weight is 365 g/mol. The minimum atomic E-state index is -3.21. The van der Waals surface area contributed by atoms with Crippen LogP contribution < -0.4 is 9.62 Å². The lowest BCUT2D eigenvalue weighted by Gasteiger charge is -2.17. The van der Waals surface area contributed by atoms with Crippen LogP contribution in [0.3, 0.4) is 0 Å². The Morgan fingerprint density at radius 2 is 1.88 bits per heavy atom. The van der Waals surface area contributed by atoms with Gasteiger partial charge < -0.3 is 5.32 Å². The van der Waals surface area contributed by atoms with Gasteiger partial charge in [0.1, 0.15) is 0 Å². The van der Waals surface area contributed by atoms with Crippen LogP contribution in [0.15, 0.2) is 42.5 Å². The molecule has 3 rings (SSSR count). The Morgan fingerprint density at radius 3 is 2.46 bits per heavy atom. The minimum absolute atomic E-state index is 0.172. The number of carbonyl (C=O) groups is 1. The molecule has 0 saturated carbocycles. The summed E-state index contributed by atoms with van der Waals surface area (Å²) in [6, 6.07) is 11.8. The van der Waals surface area contributed by atoms with Gasteiger partial charge in [0.15, 0.2) is 0 Å². The summed E-state index contributed by atoms with van der Waals surface area (Å²) in [6.07, 6.45) is 0.625. The van der Waals surface area contributed by atoms with Crippen LogP contribution in [0, 0.1) is 6.92 Å². The van der Waals surface area contributed by atoms with Crippen molar-refractivity contribution in [2.75, 3.05) is 21.9 Å². The van der Waals surface area contributed by atoms with Gasteiger partial charge in [0.2, 0.25) is 10.0 Å². The topological polar surface area (TPSA) is 66.5 Å². The van der Waals surface area contributed by atoms with Gasteiger partial charge >= 0.3 is 0 Å². The molecule has 126 valence electrons. The number of rotatable bonds is 3. The molecule has 0 radical (unpaired) electrons. The maximum atomic E-state index is 12.3. The number of hydrogen-bond acceptors (Lipinski definition) is 3. The van der Waals surface area contributed by atoms with Gasteiger partial charge in [-0.3, -0.25) is 9.10 Å². The number of amides is 1. The quantitative estimate of drug-likeness (QED) is 0.907. The van der Waals surface area contributed by atoms with Crippen molar-refractivity contribution < 1.29 is 13.2 Å². The van der Waals surface area contributed by atoms with Gasteiger partial charge in [-0.05, 0) is 61.4 Å². The number of benzene rings is 2. The van der Waals surface area contributed by atoms with Crippen LogP contribution in [0.4, 0.5) is 11.4 Å². The van der Waals surface area contributed by atoms with E-state index >= 15 is 0 Å². The molecule has 1 aliphatic heterocycles. The lowest BCUT2D eigenvalue weighted by atomic mass is 10.1. The SMILES string of the molecule is Cc1cc(Cl)ccc1NC(=O)c1ccc(N2CCCS2(=O)=O)cc1. The fourth-order valence-corrected chi connectivity index (χ4v) is 4.46. The smallest absolute Gasteiger partial charge is 0.255 e. The summed E-state index contributed by atoms with van der Waals surface area (Å²) in [5.41, 5.74) is 2.61. The Bertz CT molecular complexity index is 879. The lowest BCUT2D eigenvalue weighted by Crippen LogP contribution is -2.25. The summed E-state index contributed by atoms with van der Waals surface area (Å²) < 4.78 is 25.2. The first-order valence-corrected chi connectivity index (χ1v) is 9.53. The van der Waals surface area contributed by atoms with E-state index in [0.29, 0.717) is 34.9 Å². The zero-order valence-electron chi connectivity index (χ0n) is 13.1. The highest BCUT2D eigenvalue weighted by atomic mass is 35.5. The van der Waals surface area contributed by atoms with Gasteiger partial charge in [0, 0.05) is 22.8 Å². The molecular formula is C17H17ClN2O3S. The van der Waals surface area contributed by atoms with Gasteiger partial charge in [0.25, 0.3) is 5.91 Å². The van der Waals surface area contributed by atoms with Gasteiger partial charge in [0.05, 0.1) is 11.4 Å². The van der Waals surface area contributed by atoms with Crippen LogP contribution in [0.25, 0.3) is 0 Å². The Hall–Kier alpha value is -2.05. The molecule has 0 spiro atoms. The Kier molecular flexibility index (Phi) is 4.51. The average Bonchev–Trinajstić information content (AvgIpc) is 2.89. The van der Waals surface area contributed by atoms with Crippen molar-refractivity contribution in [3.8, 4) is 0 Å². The van der Waals surface area contributed by atoms with E-state index < -0.39 is 10.0 Å². The summed E-state index contributed by atoms with van der Waals surface area (Å²) in [4.78, 5) is 12.3. The van der Waals surface area contributed by atoms with Crippen molar-refractivity contribution in [1.29, 1.82) is 0 Å². The molecule has 1 amide bonds. The first kappa shape index (κ1) is 16.8. The van der Waals surface area contributed by atoms with Crippen LogP contribution >= 0.6 is 11.6 Å². The van der Waals surface area contributed by atoms with Crippen LogP contribution in [-0.4, -0.2) is 26.6 Å². The normalized spacial score (nSPS) is 16.2. The predicted molar refractivity (Wildman–Crippen MR) is 96.3 cm³/mol. The van der Waals surface area contributed by atoms with Crippen molar-refractivity contribution in [2.45, 2.75) is 13.3 Å². The van der Waals surface area contributed by atoms with E-state index in [1.165, 1.54) is 4.31 Å². The van der Waals surface area contributed by atoms with E-state index in [1.54, 1.807) is 42.5 Å². The number of sulfonamides is 1. The molecule has 1 fully saturated rings. The first-order chi connectivity index (χ1) is 11.4. The Balaban J connectivity index is 1.77. The van der Waals surface area contributed by atoms with Gasteiger partial charge in [-0.1, -0.05) is 11.6 Å². The second-order valence-corrected chi connectivity index (χ2v) is 8.15. The summed E-state index contributed by atoms with van der Waals surface area (Å²) in [7, 11) is -3.21. The second-order valence-electron chi connectivity index (χ2n) is 5.70. The summed E-state index contributed by atoms with van der Waals surface area (Å²) in [5.74, 6) is -0.0818. The van der Waals surface area contributed by atoms with Crippen molar-refractivity contribution in [3.05, 3.63) is 58.6 Å². The van der Waals surface area contributed by atoms with Gasteiger partial charge in [-0.2, -0.15) is 0 Å². The molecule has 2 aromatic rings. The number of nitrogens with zero attached hydrogens (tertiary/aromatic N) is 1. The number of anilines is 2. The predicted octanol–water partition coefficient (Wildman–Crippen LogP) is 3.44. The zero-order chi connectivity index (χ0) is 17.3. The van der Waals surface area contributed by atoms with Crippen molar-refractivity contribution in [2.24, 2.45) is 0 Å². The van der Waals surface area contributed by atoms with Gasteiger partial charge in [-0.15, -0.1) is 0 Å². The third-order valence-electron chi connectivity index (χ3n) is 3.95. The number of halogens is 1. The first-order valence-electron chi connectivity index (χ1n) is 7.55. The van der Waals surface area contributed by atoms with E-state index in [-0.39, 0.29) is 11.7 Å². The van der Waals surface area contributed by atoms with Crippen LogP contribution in [0.2, 0.25) is 5.02 Å². The van der Waals surface area contributed by atoms with Crippen LogP contribution in [0.1, 0.15) is 22.3 Å². The Morgan fingerprint density at radius 1 is 1.17 bits per heavy atom. The highest BCUT2D eigenvalue weighted by Crippen LogP contribution is 2.25. The fraction of sp³-hybridized carbons (Fsp3) is 0.235. The van der Waals surface area contributed by atoms with E-state index in [4.69, 9.17) is 11.6 Å². The molecule has 1 heterocycles. The van der Waals surface area contributed by atoms with E-state index in [1.807, 2.05) is 6.92 Å². The molecular weight excluding hydrogens is 348 g/mol. The third kappa shape index (κ3) is 3.39. The standard InChI is InChI=1S/C17H17ClN2O3S/c1-12-11-14(18)5-8-16(12)19-17(21)13-3-6-15(7-4-13)20-9-2-10-24(20,22)23/h3-8,11H,2,9-10H2,1H3,(H,19,21). The molecule has 24 heavy (non-hydrogen) atoms. The highest BCUT2D eigenvalue weighted by molar-refractivity contribution is 7.93. The molecule has 0 bridgehead atoms. The van der Waals surface area contributed by atoms with Gasteiger partial charge in [-0.25, -0.2) is 8.42 Å².